The number of anilines is 2. The summed E-state index contributed by atoms with van der Waals surface area (Å²) in [7, 11) is 0. The lowest BCUT2D eigenvalue weighted by molar-refractivity contribution is -0.201. The van der Waals surface area contributed by atoms with E-state index in [0.717, 1.165) is 211 Å². The van der Waals surface area contributed by atoms with Crippen LogP contribution in [0, 0.1) is 11.8 Å². The first-order valence-corrected chi connectivity index (χ1v) is 37.6. The number of aryl methyl sites for hydroxylation is 4. The average Bonchev–Trinajstić information content (AvgIpc) is 1.27. The first-order valence-electron chi connectivity index (χ1n) is 37.6. The van der Waals surface area contributed by atoms with Crippen molar-refractivity contribution in [2.45, 2.75) is 141 Å². The zero-order valence-electron chi connectivity index (χ0n) is 57.9. The van der Waals surface area contributed by atoms with Gasteiger partial charge in [0.1, 0.15) is 49.2 Å². The minimum absolute atomic E-state index is 0.0196. The molecule has 0 aromatic heterocycles. The summed E-state index contributed by atoms with van der Waals surface area (Å²) in [5.41, 5.74) is 18.2. The van der Waals surface area contributed by atoms with Gasteiger partial charge in [0.05, 0.1) is 34.1 Å². The Balaban J connectivity index is 0.000000149. The Labute approximate surface area is 594 Å². The van der Waals surface area contributed by atoms with Crippen LogP contribution in [0.5, 0.6) is 23.0 Å². The van der Waals surface area contributed by atoms with E-state index >= 15 is 0 Å². The number of carbonyl (C=O) groups is 8. The van der Waals surface area contributed by atoms with Gasteiger partial charge < -0.3 is 49.2 Å². The number of fused-ring (bicyclic) bond motifs is 8. The lowest BCUT2D eigenvalue weighted by atomic mass is 9.81. The first-order chi connectivity index (χ1) is 50.1. The molecular weight excluding hydrogens is 1310 g/mol. The molecule has 19 rings (SSSR count). The fraction of sp³-hybridized carbons (Fsp3) is 0.439. The van der Waals surface area contributed by atoms with Gasteiger partial charge in [0, 0.05) is 168 Å². The zero-order chi connectivity index (χ0) is 70.2. The van der Waals surface area contributed by atoms with Gasteiger partial charge in [0.2, 0.25) is 10.7 Å². The minimum Gasteiger partial charge on any atom is -0.481 e. The van der Waals surface area contributed by atoms with Crippen LogP contribution in [0.3, 0.4) is 0 Å². The summed E-state index contributed by atoms with van der Waals surface area (Å²) in [6.45, 7) is 9.47. The predicted molar refractivity (Wildman–Crippen MR) is 379 cm³/mol. The number of hydroxylamine groups is 2. The summed E-state index contributed by atoms with van der Waals surface area (Å²) in [6, 6.07) is 19.1. The minimum atomic E-state index is -1.12. The maximum atomic E-state index is 13.9. The van der Waals surface area contributed by atoms with Gasteiger partial charge in [-0.2, -0.15) is 0 Å². The van der Waals surface area contributed by atoms with E-state index in [9.17, 15) is 53.7 Å². The molecule has 6 aromatic rings. The molecule has 4 amide bonds. The van der Waals surface area contributed by atoms with Gasteiger partial charge in [-0.05, 0) is 174 Å². The largest absolute Gasteiger partial charge is 0.481 e. The highest BCUT2D eigenvalue weighted by Gasteiger charge is 2.42. The zero-order valence-corrected chi connectivity index (χ0v) is 57.9. The number of imide groups is 1. The Hall–Kier alpha value is -10.2. The van der Waals surface area contributed by atoms with Crippen LogP contribution in [-0.4, -0.2) is 156 Å². The van der Waals surface area contributed by atoms with E-state index in [1.165, 1.54) is 78.7 Å². The number of benzene rings is 6. The van der Waals surface area contributed by atoms with E-state index in [1.807, 2.05) is 6.07 Å². The molecule has 528 valence electrons. The summed E-state index contributed by atoms with van der Waals surface area (Å²) < 4.78 is 19.3. The number of carboxylic acids is 3. The van der Waals surface area contributed by atoms with Gasteiger partial charge in [-0.25, -0.2) is 23.5 Å². The maximum absolute atomic E-state index is 13.9. The topological polar surface area (TPSA) is 247 Å². The van der Waals surface area contributed by atoms with Crippen molar-refractivity contribution < 1.29 is 68.0 Å². The number of rotatable bonds is 9. The number of ether oxygens (including phenoxy) is 2. The molecule has 21 nitrogen and oxygen atoms in total. The summed E-state index contributed by atoms with van der Waals surface area (Å²) in [5, 5.41) is 36.0. The third-order valence-corrected chi connectivity index (χ3v) is 24.3. The molecule has 3 N–H and O–H groups in total. The fourth-order valence-electron chi connectivity index (χ4n) is 19.6. The molecule has 13 aliphatic heterocycles. The Bertz CT molecular complexity index is 5070. The van der Waals surface area contributed by atoms with Gasteiger partial charge in [0.15, 0.2) is 0 Å². The second-order valence-electron chi connectivity index (χ2n) is 30.3. The third kappa shape index (κ3) is 10.9. The SMILES string of the molecule is O=C(O)c1cc(C(=O)N2CCC(C(=O)O)CC2)ccc1C1=c2cc3c4c(c2Oc2c1cc1c5c2CCCN5CCC1)CCC[N+]=4CCC3.O=C(O)c1cc(C(=O)N2CCC(C(=O)ON3C(=O)CCC3=O)CC2)ccc1C1=c2cc3c4c(c2Oc2c1cc1c5c2CCCN5CCC1)CCC[N+]=4CCC3. The van der Waals surface area contributed by atoms with Gasteiger partial charge >= 0.3 is 23.9 Å². The molecule has 6 aromatic carbocycles. The summed E-state index contributed by atoms with van der Waals surface area (Å²) in [4.78, 5) is 116. The standard InChI is InChI=1S/C43H42N4O8.C39H39N3O6/c48-34-11-12-35(49)47(34)55-43(53)24-13-19-46(20-14-24)41(50)27-9-10-28(31(23-27)42(51)52)36-32-21-25-5-1-15-44-17-3-7-29(37(25)44)39(32)54-40-30-8-4-18-45-16-2-6-26(38(30)45)22-33(36)40;43-37(42-17-11-22(12-18-42)38(44)45)25-9-10-26(29(21-25)39(46)47)32-30-19-23-5-1-13-40-15-3-7-27(33(23)40)35(30)48-36-28-8-4-16-41-14-2-6-24(34(28)41)20-31(32)36/h9-10,21-24H,1-8,11-20H2;9-10,19-22H,1-8,11-18H2,(H-,44,45,46,47)/p+2. The van der Waals surface area contributed by atoms with Crippen molar-refractivity contribution >= 4 is 70.0 Å². The number of hydrogen-bond acceptors (Lipinski definition) is 13. The maximum Gasteiger partial charge on any atom is 0.336 e. The predicted octanol–water partition coefficient (Wildman–Crippen LogP) is 7.04. The van der Waals surface area contributed by atoms with E-state index in [-0.39, 0.29) is 54.4 Å². The molecule has 0 spiro atoms. The van der Waals surface area contributed by atoms with Crippen LogP contribution < -0.4 is 49.6 Å². The van der Waals surface area contributed by atoms with Crippen molar-refractivity contribution in [2.24, 2.45) is 11.8 Å². The van der Waals surface area contributed by atoms with E-state index in [2.05, 4.69) is 43.2 Å². The smallest absolute Gasteiger partial charge is 0.336 e. The monoisotopic (exact) mass is 1390 g/mol. The number of nitrogens with zero attached hydrogens (tertiary/aromatic N) is 7. The van der Waals surface area contributed by atoms with Crippen LogP contribution in [0.4, 0.5) is 11.4 Å². The van der Waals surface area contributed by atoms with Crippen LogP contribution in [0.2, 0.25) is 0 Å². The van der Waals surface area contributed by atoms with E-state index < -0.39 is 47.5 Å². The second-order valence-corrected chi connectivity index (χ2v) is 30.3. The van der Waals surface area contributed by atoms with E-state index in [4.69, 9.17) is 14.3 Å². The molecule has 0 bridgehead atoms. The van der Waals surface area contributed by atoms with Crippen molar-refractivity contribution in [3.8, 4) is 23.0 Å². The number of aromatic carboxylic acids is 2. The van der Waals surface area contributed by atoms with Crippen LogP contribution in [0.15, 0.2) is 60.7 Å². The van der Waals surface area contributed by atoms with Gasteiger partial charge in [0.25, 0.3) is 23.6 Å². The highest BCUT2D eigenvalue weighted by molar-refractivity contribution is 6.05. The van der Waals surface area contributed by atoms with Gasteiger partial charge in [-0.1, -0.05) is 12.1 Å². The highest BCUT2D eigenvalue weighted by Crippen LogP contribution is 2.51. The number of amides is 4. The number of likely N-dealkylation sites (tertiary alicyclic amines) is 2. The Morgan fingerprint density at radius 3 is 1.24 bits per heavy atom. The third-order valence-electron chi connectivity index (χ3n) is 24.3. The van der Waals surface area contributed by atoms with E-state index in [1.54, 1.807) is 28.0 Å². The van der Waals surface area contributed by atoms with Crippen molar-refractivity contribution in [3.63, 3.8) is 0 Å². The molecule has 0 unspecified atom stereocenters. The number of hydrogen-bond donors (Lipinski definition) is 3. The van der Waals surface area contributed by atoms with Crippen molar-refractivity contribution in [1.82, 2.24) is 24.0 Å². The Morgan fingerprint density at radius 1 is 0.417 bits per heavy atom. The molecule has 21 heteroatoms. The first kappa shape index (κ1) is 64.9. The molecule has 3 fully saturated rings. The summed E-state index contributed by atoms with van der Waals surface area (Å²) in [6.07, 6.45) is 17.4. The van der Waals surface area contributed by atoms with Gasteiger partial charge in [-0.15, -0.1) is 5.06 Å². The summed E-state index contributed by atoms with van der Waals surface area (Å²) in [5.74, 6) is -2.95. The molecule has 0 aliphatic carbocycles. The van der Waals surface area contributed by atoms with Gasteiger partial charge in [-0.3, -0.25) is 24.0 Å². The van der Waals surface area contributed by atoms with Crippen LogP contribution in [0.1, 0.15) is 198 Å². The number of carbonyl (C=O) groups excluding carboxylic acids is 5. The van der Waals surface area contributed by atoms with Crippen molar-refractivity contribution in [2.75, 3.05) is 88.3 Å². The molecule has 0 radical (unpaired) electrons. The number of aliphatic carboxylic acids is 1. The number of piperidine rings is 2. The Morgan fingerprint density at radius 2 is 0.816 bits per heavy atom. The summed E-state index contributed by atoms with van der Waals surface area (Å²) >= 11 is 0. The number of carboxylic acid groups (broad SMARTS) is 3. The quantitative estimate of drug-likeness (QED) is 0.0969. The fourth-order valence-corrected chi connectivity index (χ4v) is 19.6. The molecule has 0 atom stereocenters. The van der Waals surface area contributed by atoms with Crippen molar-refractivity contribution in [1.29, 1.82) is 0 Å². The second kappa shape index (κ2) is 25.7. The molecule has 103 heavy (non-hydrogen) atoms. The van der Waals surface area contributed by atoms with Crippen molar-refractivity contribution in [3.05, 3.63) is 171 Å². The highest BCUT2D eigenvalue weighted by atomic mass is 16.7. The normalized spacial score (nSPS) is 19.8. The molecule has 3 saturated heterocycles. The lowest BCUT2D eigenvalue weighted by Gasteiger charge is -2.39. The molecular formula is C82H83N7O14+2. The van der Waals surface area contributed by atoms with Crippen LogP contribution in [-0.2, 0) is 75.4 Å². The Kier molecular flexibility index (Phi) is 16.2. The molecule has 0 saturated carbocycles. The lowest BCUT2D eigenvalue weighted by Crippen LogP contribution is -2.45. The van der Waals surface area contributed by atoms with Crippen LogP contribution >= 0.6 is 0 Å². The average molecular weight is 1390 g/mol. The van der Waals surface area contributed by atoms with Crippen LogP contribution in [0.25, 0.3) is 11.1 Å². The molecule has 13 aliphatic rings. The molecule has 13 heterocycles. The van der Waals surface area contributed by atoms with E-state index in [0.29, 0.717) is 60.5 Å².